The smallest absolute Gasteiger partial charge is 0.220 e. The first-order valence-electron chi connectivity index (χ1n) is 7.67. The van der Waals surface area contributed by atoms with E-state index in [1.807, 2.05) is 6.92 Å². The number of para-hydroxylation sites is 1. The maximum absolute atomic E-state index is 13.7. The Bertz CT molecular complexity index is 690. The molecule has 5 nitrogen and oxygen atoms in total. The number of carbonyl (C=O) groups is 1. The van der Waals surface area contributed by atoms with Crippen molar-refractivity contribution in [3.8, 4) is 18.1 Å². The highest BCUT2D eigenvalue weighted by Crippen LogP contribution is 2.39. The first-order valence-corrected chi connectivity index (χ1v) is 7.67. The molecule has 2 unspecified atom stereocenters. The summed E-state index contributed by atoms with van der Waals surface area (Å²) in [6.07, 6.45) is 7.04. The van der Waals surface area contributed by atoms with Gasteiger partial charge in [-0.1, -0.05) is 12.1 Å². The Kier molecular flexibility index (Phi) is 4.03. The van der Waals surface area contributed by atoms with E-state index in [0.29, 0.717) is 31.2 Å². The molecule has 6 heteroatoms. The van der Waals surface area contributed by atoms with Crippen LogP contribution in [0.5, 0.6) is 5.75 Å². The number of hydrogen-bond donors (Lipinski definition) is 1. The molecule has 0 fully saturated rings. The summed E-state index contributed by atoms with van der Waals surface area (Å²) in [5.41, 5.74) is 0.208. The molecule has 0 bridgehead atoms. The summed E-state index contributed by atoms with van der Waals surface area (Å²) in [6, 6.07) is 4.39. The third-order valence-electron chi connectivity index (χ3n) is 4.23. The SMILES string of the molecule is C#CCCC1(CCC(=O)NC2c3cccc(F)c3OC2C)N=N1. The van der Waals surface area contributed by atoms with Crippen molar-refractivity contribution in [3.05, 3.63) is 29.6 Å². The molecule has 0 aliphatic carbocycles. The lowest BCUT2D eigenvalue weighted by molar-refractivity contribution is -0.122. The van der Waals surface area contributed by atoms with Crippen molar-refractivity contribution in [2.24, 2.45) is 10.2 Å². The number of nitrogens with zero attached hydrogens (tertiary/aromatic N) is 2. The van der Waals surface area contributed by atoms with Crippen LogP contribution in [0.3, 0.4) is 0 Å². The van der Waals surface area contributed by atoms with Crippen molar-refractivity contribution >= 4 is 5.91 Å². The predicted octanol–water partition coefficient (Wildman–Crippen LogP) is 3.12. The van der Waals surface area contributed by atoms with Crippen molar-refractivity contribution in [3.63, 3.8) is 0 Å². The number of terminal acetylenes is 1. The molecular formula is C17H18FN3O2. The first kappa shape index (κ1) is 15.5. The molecule has 0 saturated heterocycles. The summed E-state index contributed by atoms with van der Waals surface area (Å²) in [5, 5.41) is 10.9. The molecule has 0 saturated carbocycles. The average Bonchev–Trinajstić information content (AvgIpc) is 3.24. The Morgan fingerprint density at radius 3 is 2.96 bits per heavy atom. The Morgan fingerprint density at radius 1 is 1.48 bits per heavy atom. The minimum absolute atomic E-state index is 0.125. The lowest BCUT2D eigenvalue weighted by Crippen LogP contribution is -2.34. The van der Waals surface area contributed by atoms with Gasteiger partial charge in [0.05, 0.1) is 6.04 Å². The highest BCUT2D eigenvalue weighted by atomic mass is 19.1. The van der Waals surface area contributed by atoms with Crippen molar-refractivity contribution < 1.29 is 13.9 Å². The van der Waals surface area contributed by atoms with E-state index in [9.17, 15) is 9.18 Å². The summed E-state index contributed by atoms with van der Waals surface area (Å²) in [6.45, 7) is 1.81. The van der Waals surface area contributed by atoms with E-state index < -0.39 is 11.5 Å². The van der Waals surface area contributed by atoms with Gasteiger partial charge in [0.1, 0.15) is 6.10 Å². The van der Waals surface area contributed by atoms with Gasteiger partial charge >= 0.3 is 0 Å². The van der Waals surface area contributed by atoms with Crippen LogP contribution < -0.4 is 10.1 Å². The topological polar surface area (TPSA) is 63.0 Å². The van der Waals surface area contributed by atoms with Gasteiger partial charge in [-0.2, -0.15) is 10.2 Å². The Morgan fingerprint density at radius 2 is 2.26 bits per heavy atom. The second kappa shape index (κ2) is 5.99. The summed E-state index contributed by atoms with van der Waals surface area (Å²) in [5.74, 6) is 2.25. The molecule has 2 aliphatic rings. The van der Waals surface area contributed by atoms with E-state index in [0.717, 1.165) is 0 Å². The molecule has 1 amide bonds. The molecule has 0 spiro atoms. The molecular weight excluding hydrogens is 297 g/mol. The molecule has 23 heavy (non-hydrogen) atoms. The van der Waals surface area contributed by atoms with Gasteiger partial charge in [0, 0.05) is 31.2 Å². The summed E-state index contributed by atoms with van der Waals surface area (Å²) >= 11 is 0. The van der Waals surface area contributed by atoms with Gasteiger partial charge < -0.3 is 10.1 Å². The van der Waals surface area contributed by atoms with E-state index >= 15 is 0 Å². The molecule has 3 rings (SSSR count). The molecule has 0 radical (unpaired) electrons. The molecule has 1 aromatic carbocycles. The van der Waals surface area contributed by atoms with Gasteiger partial charge in [0.25, 0.3) is 0 Å². The number of nitrogens with one attached hydrogen (secondary N) is 1. The zero-order valence-electron chi connectivity index (χ0n) is 12.9. The normalized spacial score (nSPS) is 22.8. The van der Waals surface area contributed by atoms with E-state index in [-0.39, 0.29) is 23.8 Å². The fourth-order valence-electron chi connectivity index (χ4n) is 2.82. The van der Waals surface area contributed by atoms with Crippen molar-refractivity contribution in [1.82, 2.24) is 5.32 Å². The van der Waals surface area contributed by atoms with Crippen LogP contribution in [0.2, 0.25) is 0 Å². The average molecular weight is 315 g/mol. The second-order valence-corrected chi connectivity index (χ2v) is 5.91. The predicted molar refractivity (Wildman–Crippen MR) is 82.3 cm³/mol. The molecule has 120 valence electrons. The molecule has 2 heterocycles. The van der Waals surface area contributed by atoms with Crippen LogP contribution >= 0.6 is 0 Å². The number of halogens is 1. The number of carbonyl (C=O) groups excluding carboxylic acids is 1. The zero-order valence-corrected chi connectivity index (χ0v) is 12.9. The summed E-state index contributed by atoms with van der Waals surface area (Å²) in [7, 11) is 0. The minimum atomic E-state index is -0.467. The lowest BCUT2D eigenvalue weighted by Gasteiger charge is -2.17. The fourth-order valence-corrected chi connectivity index (χ4v) is 2.82. The van der Waals surface area contributed by atoms with Gasteiger partial charge in [-0.05, 0) is 13.0 Å². The van der Waals surface area contributed by atoms with E-state index in [2.05, 4.69) is 21.5 Å². The molecule has 2 aliphatic heterocycles. The van der Waals surface area contributed by atoms with E-state index in [1.54, 1.807) is 12.1 Å². The lowest BCUT2D eigenvalue weighted by atomic mass is 10.0. The van der Waals surface area contributed by atoms with Crippen LogP contribution in [-0.4, -0.2) is 17.7 Å². The van der Waals surface area contributed by atoms with E-state index in [1.165, 1.54) is 6.07 Å². The highest BCUT2D eigenvalue weighted by Gasteiger charge is 2.40. The van der Waals surface area contributed by atoms with Crippen molar-refractivity contribution in [1.29, 1.82) is 0 Å². The Balaban J connectivity index is 1.57. The number of ether oxygens (including phenoxy) is 1. The van der Waals surface area contributed by atoms with Crippen LogP contribution in [0.25, 0.3) is 0 Å². The number of hydrogen-bond acceptors (Lipinski definition) is 4. The third-order valence-corrected chi connectivity index (χ3v) is 4.23. The van der Waals surface area contributed by atoms with Gasteiger partial charge in [0.2, 0.25) is 5.91 Å². The van der Waals surface area contributed by atoms with Crippen LogP contribution in [0.1, 0.15) is 44.2 Å². The largest absolute Gasteiger partial charge is 0.485 e. The second-order valence-electron chi connectivity index (χ2n) is 5.91. The summed E-state index contributed by atoms with van der Waals surface area (Å²) in [4.78, 5) is 12.2. The monoisotopic (exact) mass is 315 g/mol. The standard InChI is InChI=1S/C17H18FN3O2/c1-3-4-9-17(20-21-17)10-8-14(22)19-15-11(2)23-16-12(15)6-5-7-13(16)18/h1,5-7,11,15H,4,8-10H2,2H3,(H,19,22). The summed E-state index contributed by atoms with van der Waals surface area (Å²) < 4.78 is 19.2. The van der Waals surface area contributed by atoms with Crippen LogP contribution in [0, 0.1) is 18.2 Å². The number of fused-ring (bicyclic) bond motifs is 1. The van der Waals surface area contributed by atoms with Crippen LogP contribution in [0.15, 0.2) is 28.4 Å². The van der Waals surface area contributed by atoms with Gasteiger partial charge in [-0.25, -0.2) is 4.39 Å². The maximum atomic E-state index is 13.7. The van der Waals surface area contributed by atoms with Gasteiger partial charge in [0.15, 0.2) is 17.2 Å². The number of benzene rings is 1. The Labute approximate surface area is 134 Å². The number of amides is 1. The van der Waals surface area contributed by atoms with Gasteiger partial charge in [-0.15, -0.1) is 12.3 Å². The fraction of sp³-hybridized carbons (Fsp3) is 0.471. The molecule has 1 aromatic rings. The zero-order chi connectivity index (χ0) is 16.4. The highest BCUT2D eigenvalue weighted by molar-refractivity contribution is 5.77. The quantitative estimate of drug-likeness (QED) is 0.820. The third kappa shape index (κ3) is 3.19. The first-order chi connectivity index (χ1) is 11.0. The minimum Gasteiger partial charge on any atom is -0.485 e. The Hall–Kier alpha value is -2.42. The van der Waals surface area contributed by atoms with Crippen LogP contribution in [0.4, 0.5) is 4.39 Å². The maximum Gasteiger partial charge on any atom is 0.220 e. The van der Waals surface area contributed by atoms with Crippen LogP contribution in [-0.2, 0) is 4.79 Å². The molecule has 2 atom stereocenters. The van der Waals surface area contributed by atoms with Gasteiger partial charge in [-0.3, -0.25) is 4.79 Å². The molecule has 0 aromatic heterocycles. The van der Waals surface area contributed by atoms with Crippen molar-refractivity contribution in [2.75, 3.05) is 0 Å². The number of rotatable bonds is 6. The molecule has 1 N–H and O–H groups in total. The van der Waals surface area contributed by atoms with E-state index in [4.69, 9.17) is 11.2 Å². The van der Waals surface area contributed by atoms with Crippen molar-refractivity contribution in [2.45, 2.75) is 50.4 Å².